The Kier molecular flexibility index (Phi) is 6.81. The summed E-state index contributed by atoms with van der Waals surface area (Å²) in [6, 6.07) is 7.04. The molecule has 8 nitrogen and oxygen atoms in total. The minimum atomic E-state index is -2.95. The zero-order chi connectivity index (χ0) is 21.0. The molecule has 0 aliphatic rings. The Hall–Kier alpha value is -2.10. The van der Waals surface area contributed by atoms with Crippen LogP contribution in [-0.4, -0.2) is 40.4 Å². The van der Waals surface area contributed by atoms with Crippen LogP contribution in [0.2, 0.25) is 10.0 Å². The Labute approximate surface area is 178 Å². The predicted octanol–water partition coefficient (Wildman–Crippen LogP) is 3.25. The topological polar surface area (TPSA) is 110 Å². The smallest absolute Gasteiger partial charge is 0.277 e. The van der Waals surface area contributed by atoms with E-state index in [9.17, 15) is 13.2 Å². The first-order chi connectivity index (χ1) is 13.7. The molecular formula is C18H21Cl2N5O3S. The Morgan fingerprint density at radius 1 is 1.14 bits per heavy atom. The van der Waals surface area contributed by atoms with Crippen LogP contribution in [0.25, 0.3) is 11.0 Å². The summed E-state index contributed by atoms with van der Waals surface area (Å²) >= 11 is 11.9. The van der Waals surface area contributed by atoms with Gasteiger partial charge in [0.1, 0.15) is 21.2 Å². The monoisotopic (exact) mass is 457 g/mol. The highest BCUT2D eigenvalue weighted by Crippen LogP contribution is 2.23. The van der Waals surface area contributed by atoms with Gasteiger partial charge in [0.2, 0.25) is 0 Å². The van der Waals surface area contributed by atoms with Gasteiger partial charge in [0.25, 0.3) is 5.56 Å². The number of aromatic nitrogens is 4. The van der Waals surface area contributed by atoms with Gasteiger partial charge in [-0.3, -0.25) is 4.79 Å². The number of unbranched alkanes of at least 4 members (excludes halogenated alkanes) is 2. The number of sulfone groups is 1. The average Bonchev–Trinajstić information content (AvgIpc) is 3.05. The number of rotatable bonds is 9. The summed E-state index contributed by atoms with van der Waals surface area (Å²) in [5.41, 5.74) is 1.51. The van der Waals surface area contributed by atoms with Crippen molar-refractivity contribution in [3.63, 3.8) is 0 Å². The number of nitrogens with zero attached hydrogens (tertiary/aromatic N) is 3. The summed E-state index contributed by atoms with van der Waals surface area (Å²) in [4.78, 5) is 15.3. The maximum Gasteiger partial charge on any atom is 0.277 e. The van der Waals surface area contributed by atoms with Gasteiger partial charge in [-0.2, -0.15) is 0 Å². The first kappa shape index (κ1) is 21.6. The molecule has 11 heteroatoms. The predicted molar refractivity (Wildman–Crippen MR) is 115 cm³/mol. The van der Waals surface area contributed by atoms with Gasteiger partial charge in [-0.1, -0.05) is 40.9 Å². The molecule has 0 fully saturated rings. The summed E-state index contributed by atoms with van der Waals surface area (Å²) in [7, 11) is -2.95. The molecule has 29 heavy (non-hydrogen) atoms. The number of aromatic amines is 1. The van der Waals surface area contributed by atoms with E-state index < -0.39 is 9.84 Å². The molecule has 2 heterocycles. The van der Waals surface area contributed by atoms with Crippen molar-refractivity contribution in [1.29, 1.82) is 0 Å². The maximum atomic E-state index is 12.5. The van der Waals surface area contributed by atoms with Crippen molar-refractivity contribution in [2.24, 2.45) is 0 Å². The van der Waals surface area contributed by atoms with E-state index in [-0.39, 0.29) is 11.3 Å². The van der Waals surface area contributed by atoms with Crippen molar-refractivity contribution in [3.05, 3.63) is 50.2 Å². The van der Waals surface area contributed by atoms with Crippen molar-refractivity contribution in [1.82, 2.24) is 20.0 Å². The molecule has 0 saturated carbocycles. The van der Waals surface area contributed by atoms with Gasteiger partial charge in [-0.15, -0.1) is 5.10 Å². The first-order valence-corrected chi connectivity index (χ1v) is 11.9. The fourth-order valence-corrected chi connectivity index (χ4v) is 3.96. The molecule has 0 atom stereocenters. The summed E-state index contributed by atoms with van der Waals surface area (Å²) in [5.74, 6) is 0.688. The van der Waals surface area contributed by atoms with Crippen molar-refractivity contribution >= 4 is 49.9 Å². The normalized spacial score (nSPS) is 11.8. The van der Waals surface area contributed by atoms with E-state index in [2.05, 4.69) is 20.6 Å². The molecule has 156 valence electrons. The number of halogens is 2. The van der Waals surface area contributed by atoms with Crippen LogP contribution in [0.15, 0.2) is 29.1 Å². The van der Waals surface area contributed by atoms with Gasteiger partial charge in [-0.05, 0) is 30.5 Å². The second kappa shape index (κ2) is 9.15. The number of benzene rings is 1. The van der Waals surface area contributed by atoms with Gasteiger partial charge in [0, 0.05) is 31.2 Å². The van der Waals surface area contributed by atoms with Gasteiger partial charge < -0.3 is 10.3 Å². The lowest BCUT2D eigenvalue weighted by molar-refractivity contribution is 0.545. The Bertz CT molecular complexity index is 1170. The quantitative estimate of drug-likeness (QED) is 0.477. The number of anilines is 1. The van der Waals surface area contributed by atoms with Crippen molar-refractivity contribution in [2.75, 3.05) is 17.3 Å². The fourth-order valence-electron chi connectivity index (χ4n) is 2.91. The molecule has 0 saturated heterocycles. The number of fused-ring (bicyclic) bond motifs is 1. The second-order valence-electron chi connectivity index (χ2n) is 6.85. The fraction of sp³-hybridized carbons (Fsp3) is 0.389. The maximum absolute atomic E-state index is 12.5. The molecular weight excluding hydrogens is 437 g/mol. The molecule has 2 aromatic heterocycles. The van der Waals surface area contributed by atoms with Gasteiger partial charge in [-0.25, -0.2) is 13.1 Å². The van der Waals surface area contributed by atoms with E-state index in [0.29, 0.717) is 52.8 Å². The van der Waals surface area contributed by atoms with Gasteiger partial charge in [0.15, 0.2) is 5.52 Å². The van der Waals surface area contributed by atoms with Crippen LogP contribution in [-0.2, 0) is 22.9 Å². The van der Waals surface area contributed by atoms with Crippen molar-refractivity contribution in [3.8, 4) is 0 Å². The zero-order valence-corrected chi connectivity index (χ0v) is 18.1. The van der Waals surface area contributed by atoms with E-state index in [0.717, 1.165) is 12.0 Å². The third-order valence-electron chi connectivity index (χ3n) is 4.36. The summed E-state index contributed by atoms with van der Waals surface area (Å²) in [5, 5.41) is 12.2. The molecule has 0 aliphatic carbocycles. The highest BCUT2D eigenvalue weighted by atomic mass is 35.5. The lowest BCUT2D eigenvalue weighted by Gasteiger charge is -2.08. The standard InChI is InChI=1S/C18H21Cl2N5O3S/c1-29(27,28)8-4-2-3-7-25-17-15(23-24-25)10-16(22-18(17)26)21-11-12-5-6-13(19)14(20)9-12/h5-6,9-10H,2-4,7-8,11H2,1H3,(H2,21,22,26). The van der Waals surface area contributed by atoms with Crippen LogP contribution in [0.4, 0.5) is 5.82 Å². The van der Waals surface area contributed by atoms with Crippen molar-refractivity contribution < 1.29 is 8.42 Å². The van der Waals surface area contributed by atoms with Gasteiger partial charge >= 0.3 is 0 Å². The first-order valence-electron chi connectivity index (χ1n) is 9.05. The number of aryl methyl sites for hydroxylation is 1. The number of pyridine rings is 1. The molecule has 1 aromatic carbocycles. The summed E-state index contributed by atoms with van der Waals surface area (Å²) in [6.07, 6.45) is 3.26. The third kappa shape index (κ3) is 5.94. The molecule has 0 bridgehead atoms. The number of nitrogens with one attached hydrogen (secondary N) is 2. The summed E-state index contributed by atoms with van der Waals surface area (Å²) < 4.78 is 23.9. The minimum absolute atomic E-state index is 0.166. The van der Waals surface area contributed by atoms with E-state index in [1.54, 1.807) is 22.9 Å². The lowest BCUT2D eigenvalue weighted by atomic mass is 10.2. The molecule has 2 N–H and O–H groups in total. The molecule has 0 spiro atoms. The lowest BCUT2D eigenvalue weighted by Crippen LogP contribution is -2.14. The summed E-state index contributed by atoms with van der Waals surface area (Å²) in [6.45, 7) is 0.951. The van der Waals surface area contributed by atoms with Crippen LogP contribution in [0.5, 0.6) is 0 Å². The Morgan fingerprint density at radius 3 is 2.66 bits per heavy atom. The van der Waals surface area contributed by atoms with Crippen LogP contribution in [0, 0.1) is 0 Å². The highest BCUT2D eigenvalue weighted by molar-refractivity contribution is 7.90. The molecule has 0 aliphatic heterocycles. The van der Waals surface area contributed by atoms with E-state index in [4.69, 9.17) is 23.2 Å². The largest absolute Gasteiger partial charge is 0.367 e. The van der Waals surface area contributed by atoms with E-state index in [1.807, 2.05) is 6.07 Å². The van der Waals surface area contributed by atoms with Gasteiger partial charge in [0.05, 0.1) is 10.0 Å². The molecule has 0 amide bonds. The van der Waals surface area contributed by atoms with E-state index in [1.165, 1.54) is 6.26 Å². The minimum Gasteiger partial charge on any atom is -0.367 e. The van der Waals surface area contributed by atoms with Crippen LogP contribution in [0.1, 0.15) is 24.8 Å². The Morgan fingerprint density at radius 2 is 1.93 bits per heavy atom. The van der Waals surface area contributed by atoms with Crippen LogP contribution < -0.4 is 10.9 Å². The number of hydrogen-bond acceptors (Lipinski definition) is 6. The van der Waals surface area contributed by atoms with E-state index >= 15 is 0 Å². The molecule has 3 aromatic rings. The molecule has 0 radical (unpaired) electrons. The highest BCUT2D eigenvalue weighted by Gasteiger charge is 2.11. The third-order valence-corrected chi connectivity index (χ3v) is 6.13. The van der Waals surface area contributed by atoms with Crippen molar-refractivity contribution in [2.45, 2.75) is 32.4 Å². The SMILES string of the molecule is CS(=O)(=O)CCCCCn1nnc2cc(NCc3ccc(Cl)c(Cl)c3)[nH]c(=O)c21. The second-order valence-corrected chi connectivity index (χ2v) is 9.93. The number of H-pyrrole nitrogens is 1. The van der Waals surface area contributed by atoms with Crippen LogP contribution >= 0.6 is 23.2 Å². The van der Waals surface area contributed by atoms with Crippen LogP contribution in [0.3, 0.4) is 0 Å². The molecule has 3 rings (SSSR count). The molecule has 0 unspecified atom stereocenters. The number of hydrogen-bond donors (Lipinski definition) is 2. The average molecular weight is 458 g/mol. The zero-order valence-electron chi connectivity index (χ0n) is 15.8. The Balaban J connectivity index is 1.64.